The molecule has 0 radical (unpaired) electrons. The molecule has 1 aliphatic rings. The van der Waals surface area contributed by atoms with Crippen LogP contribution in [0.2, 0.25) is 0 Å². The first-order valence-corrected chi connectivity index (χ1v) is 9.16. The zero-order chi connectivity index (χ0) is 18.7. The van der Waals surface area contributed by atoms with Crippen molar-refractivity contribution in [1.82, 2.24) is 4.90 Å². The predicted molar refractivity (Wildman–Crippen MR) is 99.4 cm³/mol. The maximum Gasteiger partial charge on any atom is 0.341 e. The minimum atomic E-state index is -0.398. The topological polar surface area (TPSA) is 82.4 Å². The number of likely N-dealkylation sites (N-methyl/N-ethyl adjacent to an activating group) is 1. The molecule has 1 aliphatic heterocycles. The quantitative estimate of drug-likeness (QED) is 0.838. The van der Waals surface area contributed by atoms with E-state index in [1.165, 1.54) is 11.3 Å². The van der Waals surface area contributed by atoms with Crippen molar-refractivity contribution in [1.29, 1.82) is 5.26 Å². The number of fused-ring (bicyclic) bond motifs is 1. The van der Waals surface area contributed by atoms with Crippen molar-refractivity contribution in [2.45, 2.75) is 19.9 Å². The highest BCUT2D eigenvalue weighted by Gasteiger charge is 2.28. The lowest BCUT2D eigenvalue weighted by Crippen LogP contribution is -2.26. The van der Waals surface area contributed by atoms with E-state index in [1.807, 2.05) is 13.1 Å². The number of thiophene rings is 1. The molecular weight excluding hydrogens is 350 g/mol. The fourth-order valence-corrected chi connectivity index (χ4v) is 4.22. The first kappa shape index (κ1) is 18.1. The van der Waals surface area contributed by atoms with Gasteiger partial charge < -0.3 is 15.0 Å². The van der Waals surface area contributed by atoms with Gasteiger partial charge in [-0.25, -0.2) is 4.79 Å². The number of carbonyl (C=O) groups is 2. The van der Waals surface area contributed by atoms with Crippen molar-refractivity contribution in [2.24, 2.45) is 0 Å². The Morgan fingerprint density at radius 2 is 2.08 bits per heavy atom. The molecule has 134 valence electrons. The van der Waals surface area contributed by atoms with E-state index in [1.54, 1.807) is 31.2 Å². The van der Waals surface area contributed by atoms with Gasteiger partial charge in [0.05, 0.1) is 23.8 Å². The fraction of sp³-hybridized carbons (Fsp3) is 0.316. The lowest BCUT2D eigenvalue weighted by molar-refractivity contribution is 0.0526. The number of amides is 1. The summed E-state index contributed by atoms with van der Waals surface area (Å²) < 4.78 is 5.20. The zero-order valence-corrected chi connectivity index (χ0v) is 15.5. The van der Waals surface area contributed by atoms with E-state index in [9.17, 15) is 9.59 Å². The van der Waals surface area contributed by atoms with Crippen LogP contribution in [-0.2, 0) is 17.7 Å². The zero-order valence-electron chi connectivity index (χ0n) is 14.7. The molecule has 1 aromatic carbocycles. The second-order valence-corrected chi connectivity index (χ2v) is 7.16. The molecule has 3 rings (SSSR count). The van der Waals surface area contributed by atoms with Crippen molar-refractivity contribution >= 4 is 28.2 Å². The predicted octanol–water partition coefficient (Wildman–Crippen LogP) is 3.04. The number of esters is 1. The molecule has 6 nitrogen and oxygen atoms in total. The highest BCUT2D eigenvalue weighted by Crippen LogP contribution is 2.37. The van der Waals surface area contributed by atoms with E-state index in [0.29, 0.717) is 21.7 Å². The third kappa shape index (κ3) is 3.62. The molecule has 0 aliphatic carbocycles. The Hall–Kier alpha value is -2.69. The van der Waals surface area contributed by atoms with Crippen LogP contribution in [0.25, 0.3) is 0 Å². The number of nitriles is 1. The third-order valence-corrected chi connectivity index (χ3v) is 5.36. The van der Waals surface area contributed by atoms with E-state index in [4.69, 9.17) is 10.00 Å². The minimum Gasteiger partial charge on any atom is -0.462 e. The van der Waals surface area contributed by atoms with Crippen LogP contribution in [0.1, 0.15) is 43.6 Å². The van der Waals surface area contributed by atoms with Crippen molar-refractivity contribution in [2.75, 3.05) is 25.5 Å². The van der Waals surface area contributed by atoms with Crippen LogP contribution in [-0.4, -0.2) is 37.0 Å². The first-order valence-electron chi connectivity index (χ1n) is 8.35. The second-order valence-electron chi connectivity index (χ2n) is 6.06. The van der Waals surface area contributed by atoms with Crippen molar-refractivity contribution in [3.05, 3.63) is 51.4 Å². The van der Waals surface area contributed by atoms with Gasteiger partial charge in [-0.3, -0.25) is 4.79 Å². The summed E-state index contributed by atoms with van der Waals surface area (Å²) in [7, 11) is 2.03. The number of anilines is 1. The molecular formula is C19H19N3O3S. The molecule has 1 aromatic heterocycles. The number of ether oxygens (including phenoxy) is 1. The number of nitrogens with one attached hydrogen (secondary N) is 1. The first-order chi connectivity index (χ1) is 12.5. The van der Waals surface area contributed by atoms with Crippen LogP contribution in [0.5, 0.6) is 0 Å². The molecule has 26 heavy (non-hydrogen) atoms. The number of nitrogens with zero attached hydrogens (tertiary/aromatic N) is 2. The molecule has 0 fully saturated rings. The number of rotatable bonds is 4. The van der Waals surface area contributed by atoms with Crippen molar-refractivity contribution in [3.8, 4) is 6.07 Å². The Labute approximate surface area is 156 Å². The van der Waals surface area contributed by atoms with Gasteiger partial charge in [-0.05, 0) is 50.2 Å². The summed E-state index contributed by atoms with van der Waals surface area (Å²) in [5, 5.41) is 12.2. The number of benzene rings is 1. The van der Waals surface area contributed by atoms with Gasteiger partial charge in [-0.2, -0.15) is 5.26 Å². The minimum absolute atomic E-state index is 0.284. The van der Waals surface area contributed by atoms with E-state index >= 15 is 0 Å². The van der Waals surface area contributed by atoms with Gasteiger partial charge in [-0.15, -0.1) is 11.3 Å². The molecule has 7 heteroatoms. The Morgan fingerprint density at radius 3 is 2.73 bits per heavy atom. The van der Waals surface area contributed by atoms with Gasteiger partial charge >= 0.3 is 5.97 Å². The van der Waals surface area contributed by atoms with Gasteiger partial charge in [0.25, 0.3) is 5.91 Å². The van der Waals surface area contributed by atoms with E-state index in [2.05, 4.69) is 10.2 Å². The molecule has 1 amide bonds. The highest BCUT2D eigenvalue weighted by molar-refractivity contribution is 7.17. The Kier molecular flexibility index (Phi) is 5.35. The maximum absolute atomic E-state index is 12.6. The molecule has 1 N–H and O–H groups in total. The second kappa shape index (κ2) is 7.68. The fourth-order valence-electron chi connectivity index (χ4n) is 2.91. The molecule has 0 saturated carbocycles. The lowest BCUT2D eigenvalue weighted by atomic mass is 10.0. The van der Waals surface area contributed by atoms with Crippen LogP contribution in [0, 0.1) is 11.3 Å². The lowest BCUT2D eigenvalue weighted by Gasteiger charge is -2.22. The normalized spacial score (nSPS) is 13.6. The summed E-state index contributed by atoms with van der Waals surface area (Å²) >= 11 is 1.42. The smallest absolute Gasteiger partial charge is 0.341 e. The van der Waals surface area contributed by atoms with Crippen molar-refractivity contribution in [3.63, 3.8) is 0 Å². The van der Waals surface area contributed by atoms with Gasteiger partial charge in [0.15, 0.2) is 0 Å². The highest BCUT2D eigenvalue weighted by atomic mass is 32.1. The average Bonchev–Trinajstić information content (AvgIpc) is 2.98. The van der Waals surface area contributed by atoms with Gasteiger partial charge in [0.1, 0.15) is 5.00 Å². The summed E-state index contributed by atoms with van der Waals surface area (Å²) in [6, 6.07) is 8.40. The van der Waals surface area contributed by atoms with Crippen LogP contribution in [0.4, 0.5) is 5.00 Å². The summed E-state index contributed by atoms with van der Waals surface area (Å²) in [5.74, 6) is -0.711. The molecule has 2 heterocycles. The Bertz CT molecular complexity index is 881. The van der Waals surface area contributed by atoms with Gasteiger partial charge in [0, 0.05) is 23.5 Å². The van der Waals surface area contributed by atoms with Crippen LogP contribution < -0.4 is 5.32 Å². The van der Waals surface area contributed by atoms with Crippen molar-refractivity contribution < 1.29 is 14.3 Å². The number of hydrogen-bond acceptors (Lipinski definition) is 6. The molecule has 2 aromatic rings. The molecule has 0 saturated heterocycles. The van der Waals surface area contributed by atoms with Crippen LogP contribution in [0.15, 0.2) is 24.3 Å². The molecule has 0 atom stereocenters. The Morgan fingerprint density at radius 1 is 1.35 bits per heavy atom. The maximum atomic E-state index is 12.6. The van der Waals surface area contributed by atoms with E-state index in [0.717, 1.165) is 30.0 Å². The SMILES string of the molecule is CCOC(=O)c1c(NC(=O)c2ccc(C#N)cc2)sc2c1CCN(C)C2. The summed E-state index contributed by atoms with van der Waals surface area (Å²) in [6.45, 7) is 3.66. The standard InChI is InChI=1S/C19H19N3O3S/c1-3-25-19(24)16-14-8-9-22(2)11-15(14)26-18(16)21-17(23)13-6-4-12(10-20)5-7-13/h4-7H,3,8-9,11H2,1-2H3,(H,21,23). The molecule has 0 unspecified atom stereocenters. The van der Waals surface area contributed by atoms with Gasteiger partial charge in [-0.1, -0.05) is 0 Å². The van der Waals surface area contributed by atoms with Gasteiger partial charge in [0.2, 0.25) is 0 Å². The summed E-state index contributed by atoms with van der Waals surface area (Å²) in [4.78, 5) is 28.3. The number of hydrogen-bond donors (Lipinski definition) is 1. The van der Waals surface area contributed by atoms with E-state index < -0.39 is 5.97 Å². The summed E-state index contributed by atoms with van der Waals surface area (Å²) in [6.07, 6.45) is 0.753. The largest absolute Gasteiger partial charge is 0.462 e. The monoisotopic (exact) mass is 369 g/mol. The van der Waals surface area contributed by atoms with Crippen LogP contribution in [0.3, 0.4) is 0 Å². The Balaban J connectivity index is 1.91. The summed E-state index contributed by atoms with van der Waals surface area (Å²) in [5.41, 5.74) is 2.37. The number of carbonyl (C=O) groups excluding carboxylic acids is 2. The molecule has 0 spiro atoms. The molecule has 0 bridgehead atoms. The average molecular weight is 369 g/mol. The van der Waals surface area contributed by atoms with E-state index in [-0.39, 0.29) is 12.5 Å². The van der Waals surface area contributed by atoms with Crippen LogP contribution >= 0.6 is 11.3 Å². The third-order valence-electron chi connectivity index (χ3n) is 4.23.